The van der Waals surface area contributed by atoms with Gasteiger partial charge in [0, 0.05) is 24.2 Å². The lowest BCUT2D eigenvalue weighted by Gasteiger charge is -2.29. The van der Waals surface area contributed by atoms with Crippen molar-refractivity contribution in [2.24, 2.45) is 11.8 Å². The second kappa shape index (κ2) is 5.63. The van der Waals surface area contributed by atoms with E-state index in [0.717, 1.165) is 5.56 Å². The van der Waals surface area contributed by atoms with E-state index >= 15 is 0 Å². The molecule has 1 fully saturated rings. The van der Waals surface area contributed by atoms with Crippen LogP contribution in [0.1, 0.15) is 31.2 Å². The standard InChI is InChI=1S/C12H16F3N3O/c13-12(14,15)10-3-1-2-9(4-10)11(19)16-5-8-6-17-18-7-8/h6-7,9-10H,1-5H2,(H,16,19)(H,17,18). The monoisotopic (exact) mass is 275 g/mol. The highest BCUT2D eigenvalue weighted by atomic mass is 19.4. The van der Waals surface area contributed by atoms with Crippen molar-refractivity contribution in [3.8, 4) is 0 Å². The van der Waals surface area contributed by atoms with E-state index in [1.807, 2.05) is 0 Å². The average Bonchev–Trinajstić information content (AvgIpc) is 2.88. The van der Waals surface area contributed by atoms with Crippen LogP contribution in [0.25, 0.3) is 0 Å². The van der Waals surface area contributed by atoms with E-state index < -0.39 is 18.0 Å². The van der Waals surface area contributed by atoms with Crippen LogP contribution in [0.4, 0.5) is 13.2 Å². The van der Waals surface area contributed by atoms with E-state index in [2.05, 4.69) is 15.5 Å². The van der Waals surface area contributed by atoms with Crippen molar-refractivity contribution < 1.29 is 18.0 Å². The average molecular weight is 275 g/mol. The van der Waals surface area contributed by atoms with Crippen LogP contribution >= 0.6 is 0 Å². The Morgan fingerprint density at radius 3 is 2.89 bits per heavy atom. The van der Waals surface area contributed by atoms with Gasteiger partial charge in [-0.3, -0.25) is 9.89 Å². The van der Waals surface area contributed by atoms with Crippen molar-refractivity contribution in [2.75, 3.05) is 0 Å². The molecule has 0 radical (unpaired) electrons. The summed E-state index contributed by atoms with van der Waals surface area (Å²) < 4.78 is 37.9. The van der Waals surface area contributed by atoms with Gasteiger partial charge in [-0.1, -0.05) is 6.42 Å². The molecular weight excluding hydrogens is 259 g/mol. The lowest BCUT2D eigenvalue weighted by molar-refractivity contribution is -0.186. The second-order valence-electron chi connectivity index (χ2n) is 4.93. The molecule has 1 saturated carbocycles. The number of hydrogen-bond donors (Lipinski definition) is 2. The van der Waals surface area contributed by atoms with Crippen molar-refractivity contribution in [3.05, 3.63) is 18.0 Å². The van der Waals surface area contributed by atoms with Crippen molar-refractivity contribution in [1.29, 1.82) is 0 Å². The summed E-state index contributed by atoms with van der Waals surface area (Å²) >= 11 is 0. The van der Waals surface area contributed by atoms with Gasteiger partial charge in [0.2, 0.25) is 5.91 Å². The molecule has 0 spiro atoms. The summed E-state index contributed by atoms with van der Waals surface area (Å²) in [5.41, 5.74) is 0.802. The van der Waals surface area contributed by atoms with Gasteiger partial charge in [-0.15, -0.1) is 0 Å². The molecule has 2 N–H and O–H groups in total. The zero-order chi connectivity index (χ0) is 13.9. The first-order valence-corrected chi connectivity index (χ1v) is 6.29. The van der Waals surface area contributed by atoms with Gasteiger partial charge in [0.05, 0.1) is 12.1 Å². The molecule has 1 aromatic rings. The molecule has 1 aromatic heterocycles. The van der Waals surface area contributed by atoms with Crippen molar-refractivity contribution >= 4 is 5.91 Å². The number of aromatic nitrogens is 2. The lowest BCUT2D eigenvalue weighted by Crippen LogP contribution is -2.37. The molecule has 0 saturated heterocycles. The summed E-state index contributed by atoms with van der Waals surface area (Å²) in [5, 5.41) is 9.00. The molecule has 0 aromatic carbocycles. The molecule has 1 amide bonds. The molecule has 19 heavy (non-hydrogen) atoms. The molecular formula is C12H16F3N3O. The third-order valence-electron chi connectivity index (χ3n) is 3.53. The third-order valence-corrected chi connectivity index (χ3v) is 3.53. The molecule has 2 atom stereocenters. The second-order valence-corrected chi connectivity index (χ2v) is 4.93. The summed E-state index contributed by atoms with van der Waals surface area (Å²) in [6.45, 7) is 0.294. The Morgan fingerprint density at radius 1 is 1.47 bits per heavy atom. The number of hydrogen-bond acceptors (Lipinski definition) is 2. The maximum Gasteiger partial charge on any atom is 0.391 e. The highest BCUT2D eigenvalue weighted by Gasteiger charge is 2.43. The van der Waals surface area contributed by atoms with Gasteiger partial charge in [0.1, 0.15) is 0 Å². The predicted octanol–water partition coefficient (Wildman–Crippen LogP) is 2.39. The largest absolute Gasteiger partial charge is 0.391 e. The highest BCUT2D eigenvalue weighted by molar-refractivity contribution is 5.78. The fraction of sp³-hybridized carbons (Fsp3) is 0.667. The van der Waals surface area contributed by atoms with Crippen LogP contribution in [0.5, 0.6) is 0 Å². The van der Waals surface area contributed by atoms with Crippen molar-refractivity contribution in [3.63, 3.8) is 0 Å². The van der Waals surface area contributed by atoms with Gasteiger partial charge in [-0.2, -0.15) is 18.3 Å². The maximum absolute atomic E-state index is 12.6. The van der Waals surface area contributed by atoms with Gasteiger partial charge >= 0.3 is 6.18 Å². The molecule has 7 heteroatoms. The van der Waals surface area contributed by atoms with Crippen LogP contribution in [-0.2, 0) is 11.3 Å². The van der Waals surface area contributed by atoms with Gasteiger partial charge in [-0.25, -0.2) is 0 Å². The van der Waals surface area contributed by atoms with E-state index in [9.17, 15) is 18.0 Å². The molecule has 1 aliphatic rings. The number of nitrogens with one attached hydrogen (secondary N) is 2. The van der Waals surface area contributed by atoms with Crippen LogP contribution in [0.2, 0.25) is 0 Å². The Morgan fingerprint density at radius 2 is 2.26 bits per heavy atom. The van der Waals surface area contributed by atoms with Crippen LogP contribution in [-0.4, -0.2) is 22.3 Å². The first kappa shape index (κ1) is 13.9. The van der Waals surface area contributed by atoms with E-state index in [4.69, 9.17) is 0 Å². The Labute approximate surface area is 108 Å². The summed E-state index contributed by atoms with van der Waals surface area (Å²) in [4.78, 5) is 11.9. The number of amides is 1. The van der Waals surface area contributed by atoms with Crippen LogP contribution < -0.4 is 5.32 Å². The van der Waals surface area contributed by atoms with Crippen LogP contribution in [0.3, 0.4) is 0 Å². The topological polar surface area (TPSA) is 57.8 Å². The van der Waals surface area contributed by atoms with Crippen molar-refractivity contribution in [2.45, 2.75) is 38.4 Å². The Bertz CT molecular complexity index is 416. The van der Waals surface area contributed by atoms with Crippen LogP contribution in [0.15, 0.2) is 12.4 Å². The number of halogens is 3. The van der Waals surface area contributed by atoms with E-state index in [0.29, 0.717) is 19.4 Å². The van der Waals surface area contributed by atoms with Gasteiger partial charge in [0.15, 0.2) is 0 Å². The predicted molar refractivity (Wildman–Crippen MR) is 61.9 cm³/mol. The minimum Gasteiger partial charge on any atom is -0.352 e. The minimum atomic E-state index is -4.19. The Kier molecular flexibility index (Phi) is 4.11. The summed E-state index contributed by atoms with van der Waals surface area (Å²) in [6.07, 6.45) is 0.0380. The Balaban J connectivity index is 1.85. The molecule has 1 aliphatic carbocycles. The number of alkyl halides is 3. The maximum atomic E-state index is 12.6. The number of aromatic amines is 1. The number of carbonyl (C=O) groups is 1. The van der Waals surface area contributed by atoms with Gasteiger partial charge < -0.3 is 5.32 Å². The zero-order valence-electron chi connectivity index (χ0n) is 10.3. The first-order valence-electron chi connectivity index (χ1n) is 6.29. The number of carbonyl (C=O) groups excluding carboxylic acids is 1. The molecule has 1 heterocycles. The lowest BCUT2D eigenvalue weighted by atomic mass is 9.80. The molecule has 0 bridgehead atoms. The number of H-pyrrole nitrogens is 1. The third kappa shape index (κ3) is 3.71. The fourth-order valence-corrected chi connectivity index (χ4v) is 2.43. The molecule has 106 valence electrons. The fourth-order valence-electron chi connectivity index (χ4n) is 2.43. The normalized spacial score (nSPS) is 24.2. The first-order chi connectivity index (χ1) is 8.97. The van der Waals surface area contributed by atoms with E-state index in [1.54, 1.807) is 12.4 Å². The highest BCUT2D eigenvalue weighted by Crippen LogP contribution is 2.39. The summed E-state index contributed by atoms with van der Waals surface area (Å²) in [6, 6.07) is 0. The van der Waals surface area contributed by atoms with Crippen molar-refractivity contribution in [1.82, 2.24) is 15.5 Å². The van der Waals surface area contributed by atoms with Crippen LogP contribution in [0, 0.1) is 11.8 Å². The van der Waals surface area contributed by atoms with E-state index in [1.165, 1.54) is 0 Å². The SMILES string of the molecule is O=C(NCc1cn[nH]c1)C1CCCC(C(F)(F)F)C1. The minimum absolute atomic E-state index is 0.0965. The zero-order valence-corrected chi connectivity index (χ0v) is 10.3. The molecule has 4 nitrogen and oxygen atoms in total. The summed E-state index contributed by atoms with van der Waals surface area (Å²) in [7, 11) is 0. The number of rotatable bonds is 3. The molecule has 2 unspecified atom stereocenters. The Hall–Kier alpha value is -1.53. The smallest absolute Gasteiger partial charge is 0.352 e. The summed E-state index contributed by atoms with van der Waals surface area (Å²) in [5.74, 6) is -2.17. The van der Waals surface area contributed by atoms with Gasteiger partial charge in [-0.05, 0) is 19.3 Å². The molecule has 0 aliphatic heterocycles. The van der Waals surface area contributed by atoms with Gasteiger partial charge in [0.25, 0.3) is 0 Å². The van der Waals surface area contributed by atoms with E-state index in [-0.39, 0.29) is 18.7 Å². The molecule has 2 rings (SSSR count). The quantitative estimate of drug-likeness (QED) is 0.890. The number of nitrogens with zero attached hydrogens (tertiary/aromatic N) is 1.